The normalized spacial score (nSPS) is 24.2. The van der Waals surface area contributed by atoms with Crippen LogP contribution in [0.25, 0.3) is 0 Å². The van der Waals surface area contributed by atoms with Crippen LogP contribution in [0.1, 0.15) is 19.0 Å². The van der Waals surface area contributed by atoms with Crippen molar-refractivity contribution in [2.75, 3.05) is 26.0 Å². The number of nitrogens with zero attached hydrogens (tertiary/aromatic N) is 3. The molecule has 0 radical (unpaired) electrons. The van der Waals surface area contributed by atoms with Crippen molar-refractivity contribution in [2.24, 2.45) is 5.73 Å². The van der Waals surface area contributed by atoms with Crippen LogP contribution in [0.5, 0.6) is 0 Å². The van der Waals surface area contributed by atoms with Gasteiger partial charge in [-0.3, -0.25) is 4.90 Å². The first-order chi connectivity index (χ1) is 9.40. The summed E-state index contributed by atoms with van der Waals surface area (Å²) in [5, 5.41) is 4.10. The van der Waals surface area contributed by atoms with Crippen LogP contribution in [-0.2, 0) is 21.3 Å². The molecule has 0 aliphatic carbocycles. The first-order valence-electron chi connectivity index (χ1n) is 6.72. The molecule has 1 aromatic rings. The van der Waals surface area contributed by atoms with Gasteiger partial charge in [0.15, 0.2) is 0 Å². The van der Waals surface area contributed by atoms with Crippen molar-refractivity contribution in [3.05, 3.63) is 18.0 Å². The Balaban J connectivity index is 2.04. The van der Waals surface area contributed by atoms with Crippen molar-refractivity contribution in [1.82, 2.24) is 14.1 Å². The Morgan fingerprint density at radius 1 is 1.55 bits per heavy atom. The quantitative estimate of drug-likeness (QED) is 0.798. The number of nitrogens with two attached hydrogens (primary N) is 1. The van der Waals surface area contributed by atoms with Gasteiger partial charge in [-0.15, -0.1) is 0 Å². The van der Waals surface area contributed by atoms with Gasteiger partial charge in [0.05, 0.1) is 25.2 Å². The van der Waals surface area contributed by atoms with Gasteiger partial charge in [0.25, 0.3) is 10.0 Å². The smallest absolute Gasteiger partial charge is 0.250 e. The molecule has 7 nitrogen and oxygen atoms in total. The largest absolute Gasteiger partial charge is 0.378 e. The van der Waals surface area contributed by atoms with Gasteiger partial charge in [-0.25, -0.2) is 8.42 Å². The van der Waals surface area contributed by atoms with Crippen molar-refractivity contribution in [2.45, 2.75) is 32.0 Å². The second kappa shape index (κ2) is 6.21. The molecule has 1 fully saturated rings. The summed E-state index contributed by atoms with van der Waals surface area (Å²) in [6.45, 7) is 4.77. The van der Waals surface area contributed by atoms with E-state index in [1.165, 1.54) is 6.20 Å². The Labute approximate surface area is 119 Å². The molecule has 2 N–H and O–H groups in total. The third-order valence-corrected chi connectivity index (χ3v) is 4.35. The van der Waals surface area contributed by atoms with Crippen molar-refractivity contribution in [3.63, 3.8) is 0 Å². The van der Waals surface area contributed by atoms with E-state index < -0.39 is 10.0 Å². The number of hydrogen-bond acceptors (Lipinski definition) is 6. The summed E-state index contributed by atoms with van der Waals surface area (Å²) >= 11 is 0. The minimum Gasteiger partial charge on any atom is -0.378 e. The van der Waals surface area contributed by atoms with E-state index in [2.05, 4.69) is 16.9 Å². The molecule has 0 unspecified atom stereocenters. The number of ether oxygens (including phenoxy) is 1. The van der Waals surface area contributed by atoms with Gasteiger partial charge in [-0.2, -0.15) is 9.19 Å². The van der Waals surface area contributed by atoms with Crippen LogP contribution >= 0.6 is 0 Å². The van der Waals surface area contributed by atoms with Gasteiger partial charge in [0.1, 0.15) is 0 Å². The predicted octanol–water partition coefficient (Wildman–Crippen LogP) is -0.371. The fourth-order valence-corrected chi connectivity index (χ4v) is 2.95. The average molecular weight is 302 g/mol. The maximum absolute atomic E-state index is 11.4. The van der Waals surface area contributed by atoms with Crippen LogP contribution in [-0.4, -0.2) is 60.6 Å². The van der Waals surface area contributed by atoms with E-state index in [0.717, 1.165) is 29.0 Å². The van der Waals surface area contributed by atoms with Gasteiger partial charge in [-0.1, -0.05) is 6.92 Å². The Morgan fingerprint density at radius 2 is 2.30 bits per heavy atom. The molecule has 1 aliphatic heterocycles. The lowest BCUT2D eigenvalue weighted by Crippen LogP contribution is -2.47. The highest BCUT2D eigenvalue weighted by Gasteiger charge is 2.25. The minimum absolute atomic E-state index is 0.0661. The summed E-state index contributed by atoms with van der Waals surface area (Å²) in [5.41, 5.74) is 6.65. The van der Waals surface area contributed by atoms with Crippen molar-refractivity contribution in [3.8, 4) is 0 Å². The molecule has 0 bridgehead atoms. The van der Waals surface area contributed by atoms with E-state index in [1.54, 1.807) is 6.07 Å². The maximum atomic E-state index is 11.4. The standard InChI is InChI=1S/C12H22N4O3S/c1-3-15(12-6-10(13)8-19-9-12)7-11-4-5-16(14-11)20(2,17)18/h4-5,10,12H,3,6-9,13H2,1-2H3/t10-,12+/m0/s1. The maximum Gasteiger partial charge on any atom is 0.250 e. The first-order valence-corrected chi connectivity index (χ1v) is 8.57. The highest BCUT2D eigenvalue weighted by atomic mass is 32.2. The average Bonchev–Trinajstić information content (AvgIpc) is 2.84. The second-order valence-electron chi connectivity index (χ2n) is 5.19. The van der Waals surface area contributed by atoms with E-state index >= 15 is 0 Å². The zero-order valence-electron chi connectivity index (χ0n) is 11.9. The molecule has 114 valence electrons. The molecule has 0 amide bonds. The van der Waals surface area contributed by atoms with Crippen LogP contribution in [0.3, 0.4) is 0 Å². The summed E-state index contributed by atoms with van der Waals surface area (Å²) in [6.07, 6.45) is 3.50. The summed E-state index contributed by atoms with van der Waals surface area (Å²) in [6, 6.07) is 2.05. The zero-order valence-corrected chi connectivity index (χ0v) is 12.7. The highest BCUT2D eigenvalue weighted by molar-refractivity contribution is 7.89. The molecule has 0 saturated carbocycles. The summed E-state index contributed by atoms with van der Waals surface area (Å²) in [4.78, 5) is 2.22. The number of hydrogen-bond donors (Lipinski definition) is 1. The first kappa shape index (κ1) is 15.4. The van der Waals surface area contributed by atoms with E-state index in [1.807, 2.05) is 0 Å². The SMILES string of the molecule is CCN(Cc1ccn(S(C)(=O)=O)n1)[C@H]1COC[C@@H](N)C1. The van der Waals surface area contributed by atoms with Crippen molar-refractivity contribution in [1.29, 1.82) is 0 Å². The van der Waals surface area contributed by atoms with E-state index in [-0.39, 0.29) is 12.1 Å². The van der Waals surface area contributed by atoms with Gasteiger partial charge < -0.3 is 10.5 Å². The Hall–Kier alpha value is -0.960. The van der Waals surface area contributed by atoms with Gasteiger partial charge in [0.2, 0.25) is 0 Å². The minimum atomic E-state index is -3.32. The third kappa shape index (κ3) is 3.78. The fourth-order valence-electron chi connectivity index (χ4n) is 2.41. The molecule has 1 aromatic heterocycles. The van der Waals surface area contributed by atoms with Crippen LogP contribution in [0.4, 0.5) is 0 Å². The topological polar surface area (TPSA) is 90.5 Å². The van der Waals surface area contributed by atoms with Crippen molar-refractivity contribution >= 4 is 10.0 Å². The molecule has 2 heterocycles. The number of aromatic nitrogens is 2. The number of rotatable bonds is 5. The lowest BCUT2D eigenvalue weighted by molar-refractivity contribution is 0.00557. The molecular formula is C12H22N4O3S. The Bertz CT molecular complexity index is 543. The van der Waals surface area contributed by atoms with Gasteiger partial charge in [-0.05, 0) is 19.0 Å². The molecule has 2 rings (SSSR count). The van der Waals surface area contributed by atoms with Gasteiger partial charge in [0, 0.05) is 24.8 Å². The van der Waals surface area contributed by atoms with Crippen LogP contribution in [0.15, 0.2) is 12.3 Å². The second-order valence-corrected chi connectivity index (χ2v) is 7.03. The number of likely N-dealkylation sites (N-methyl/N-ethyl adjacent to an activating group) is 1. The van der Waals surface area contributed by atoms with E-state index in [9.17, 15) is 8.42 Å². The Kier molecular flexibility index (Phi) is 4.79. The molecule has 0 aromatic carbocycles. The van der Waals surface area contributed by atoms with Crippen LogP contribution < -0.4 is 5.73 Å². The molecular weight excluding hydrogens is 280 g/mol. The summed E-state index contributed by atoms with van der Waals surface area (Å²) < 4.78 is 29.3. The fraction of sp³-hybridized carbons (Fsp3) is 0.750. The van der Waals surface area contributed by atoms with Crippen molar-refractivity contribution < 1.29 is 13.2 Å². The van der Waals surface area contributed by atoms with Crippen LogP contribution in [0, 0.1) is 0 Å². The Morgan fingerprint density at radius 3 is 2.85 bits per heavy atom. The molecule has 20 heavy (non-hydrogen) atoms. The van der Waals surface area contributed by atoms with Gasteiger partial charge >= 0.3 is 0 Å². The lowest BCUT2D eigenvalue weighted by atomic mass is 10.0. The third-order valence-electron chi connectivity index (χ3n) is 3.47. The molecule has 1 aliphatic rings. The monoisotopic (exact) mass is 302 g/mol. The predicted molar refractivity (Wildman–Crippen MR) is 75.8 cm³/mol. The molecule has 1 saturated heterocycles. The lowest BCUT2D eigenvalue weighted by Gasteiger charge is -2.35. The molecule has 2 atom stereocenters. The molecule has 8 heteroatoms. The van der Waals surface area contributed by atoms with Crippen LogP contribution in [0.2, 0.25) is 0 Å². The van der Waals surface area contributed by atoms with E-state index in [4.69, 9.17) is 10.5 Å². The zero-order chi connectivity index (χ0) is 14.8. The van der Waals surface area contributed by atoms with E-state index in [0.29, 0.717) is 19.8 Å². The summed E-state index contributed by atoms with van der Waals surface area (Å²) in [5.74, 6) is 0. The highest BCUT2D eigenvalue weighted by Crippen LogP contribution is 2.15. The summed E-state index contributed by atoms with van der Waals surface area (Å²) in [7, 11) is -3.32. The molecule has 0 spiro atoms.